The van der Waals surface area contributed by atoms with E-state index in [9.17, 15) is 0 Å². The summed E-state index contributed by atoms with van der Waals surface area (Å²) in [5, 5.41) is 0. The Morgan fingerprint density at radius 2 is 1.82 bits per heavy atom. The molecule has 0 aromatic heterocycles. The van der Waals surface area contributed by atoms with Gasteiger partial charge in [0.25, 0.3) is 0 Å². The van der Waals surface area contributed by atoms with Crippen molar-refractivity contribution in [2.24, 2.45) is 4.99 Å². The average Bonchev–Trinajstić information content (AvgIpc) is 2.64. The Bertz CT molecular complexity index is 614. The van der Waals surface area contributed by atoms with E-state index >= 15 is 0 Å². The Labute approximate surface area is 135 Å². The minimum Gasteiger partial charge on any atom is -0.253 e. The fourth-order valence-corrected chi connectivity index (χ4v) is 2.05. The van der Waals surface area contributed by atoms with E-state index in [2.05, 4.69) is 51.2 Å². The van der Waals surface area contributed by atoms with Crippen LogP contribution in [0.5, 0.6) is 0 Å². The molecule has 1 aliphatic rings. The van der Waals surface area contributed by atoms with Gasteiger partial charge in [0.05, 0.1) is 5.70 Å². The molecule has 0 aliphatic heterocycles. The number of hydrogen-bond donors (Lipinski definition) is 0. The van der Waals surface area contributed by atoms with Gasteiger partial charge in [0, 0.05) is 5.71 Å². The summed E-state index contributed by atoms with van der Waals surface area (Å²) in [5.41, 5.74) is 5.74. The maximum Gasteiger partial charge on any atom is 0.0661 e. The van der Waals surface area contributed by atoms with Crippen molar-refractivity contribution >= 4 is 5.71 Å². The van der Waals surface area contributed by atoms with Crippen LogP contribution in [0.4, 0.5) is 0 Å². The Morgan fingerprint density at radius 3 is 2.50 bits per heavy atom. The SMILES string of the molecule is C\C=C/C=C\C(=C/C=C/C)C(C)=NC1=C(C)C=CCC(C)=C1. The van der Waals surface area contributed by atoms with E-state index in [0.29, 0.717) is 0 Å². The molecule has 0 atom stereocenters. The summed E-state index contributed by atoms with van der Waals surface area (Å²) in [5.74, 6) is 0. The van der Waals surface area contributed by atoms with Crippen LogP contribution in [-0.4, -0.2) is 5.71 Å². The molecule has 0 saturated carbocycles. The molecule has 1 rings (SSSR count). The van der Waals surface area contributed by atoms with Crippen molar-refractivity contribution in [1.82, 2.24) is 0 Å². The number of hydrogen-bond acceptors (Lipinski definition) is 1. The molecular weight excluding hydrogens is 266 g/mol. The molecule has 0 heterocycles. The van der Waals surface area contributed by atoms with Gasteiger partial charge in [-0.2, -0.15) is 0 Å². The van der Waals surface area contributed by atoms with Crippen LogP contribution in [0.1, 0.15) is 41.0 Å². The standard InChI is InChI=1S/C21H27N/c1-6-8-10-15-20(14-9-7-2)19(5)22-21-16-17(3)12-11-13-18(21)4/h6-11,13-16H,12H2,1-5H3/b8-6-,9-7+,15-10-,20-14+,22-19?. The van der Waals surface area contributed by atoms with Gasteiger partial charge in [-0.05, 0) is 58.3 Å². The molecule has 1 heteroatoms. The van der Waals surface area contributed by atoms with E-state index in [1.807, 2.05) is 44.2 Å². The highest BCUT2D eigenvalue weighted by Crippen LogP contribution is 2.19. The number of rotatable bonds is 5. The van der Waals surface area contributed by atoms with E-state index in [-0.39, 0.29) is 0 Å². The predicted molar refractivity (Wildman–Crippen MR) is 100 cm³/mol. The highest BCUT2D eigenvalue weighted by molar-refractivity contribution is 6.01. The van der Waals surface area contributed by atoms with Crippen molar-refractivity contribution in [3.63, 3.8) is 0 Å². The van der Waals surface area contributed by atoms with Gasteiger partial charge >= 0.3 is 0 Å². The highest BCUT2D eigenvalue weighted by atomic mass is 14.8. The first-order valence-electron chi connectivity index (χ1n) is 7.81. The third-order valence-corrected chi connectivity index (χ3v) is 3.35. The van der Waals surface area contributed by atoms with Crippen LogP contribution < -0.4 is 0 Å². The minimum atomic E-state index is 0.998. The maximum absolute atomic E-state index is 4.85. The lowest BCUT2D eigenvalue weighted by Gasteiger charge is -2.05. The minimum absolute atomic E-state index is 0.998. The summed E-state index contributed by atoms with van der Waals surface area (Å²) < 4.78 is 0. The van der Waals surface area contributed by atoms with E-state index < -0.39 is 0 Å². The second-order valence-corrected chi connectivity index (χ2v) is 5.40. The normalized spacial score (nSPS) is 18.0. The van der Waals surface area contributed by atoms with Crippen LogP contribution in [0.15, 0.2) is 88.2 Å². The molecule has 0 amide bonds. The molecular formula is C21H27N. The molecule has 0 saturated heterocycles. The van der Waals surface area contributed by atoms with Crippen molar-refractivity contribution in [3.8, 4) is 0 Å². The van der Waals surface area contributed by atoms with Gasteiger partial charge in [0.1, 0.15) is 0 Å². The summed E-state index contributed by atoms with van der Waals surface area (Å²) in [6.07, 6.45) is 21.9. The van der Waals surface area contributed by atoms with Crippen molar-refractivity contribution in [2.75, 3.05) is 0 Å². The molecule has 0 N–H and O–H groups in total. The van der Waals surface area contributed by atoms with Crippen LogP contribution in [-0.2, 0) is 0 Å². The molecule has 0 aromatic carbocycles. The Hall–Kier alpha value is -2.15. The van der Waals surface area contributed by atoms with E-state index in [4.69, 9.17) is 4.99 Å². The van der Waals surface area contributed by atoms with Crippen LogP contribution in [0.2, 0.25) is 0 Å². The summed E-state index contributed by atoms with van der Waals surface area (Å²) >= 11 is 0. The number of aliphatic imine (C=N–C) groups is 1. The van der Waals surface area contributed by atoms with Gasteiger partial charge in [-0.15, -0.1) is 0 Å². The third-order valence-electron chi connectivity index (χ3n) is 3.35. The number of nitrogens with zero attached hydrogens (tertiary/aromatic N) is 1. The molecule has 22 heavy (non-hydrogen) atoms. The fraction of sp³-hybridized carbons (Fsp3) is 0.286. The molecule has 1 nitrogen and oxygen atoms in total. The summed E-state index contributed by atoms with van der Waals surface area (Å²) in [6.45, 7) is 10.4. The van der Waals surface area contributed by atoms with Crippen molar-refractivity contribution < 1.29 is 0 Å². The lowest BCUT2D eigenvalue weighted by molar-refractivity contribution is 1.20. The van der Waals surface area contributed by atoms with Gasteiger partial charge in [-0.25, -0.2) is 0 Å². The Balaban J connectivity index is 3.19. The molecule has 0 radical (unpaired) electrons. The predicted octanol–water partition coefficient (Wildman–Crippen LogP) is 6.26. The molecule has 0 aromatic rings. The second-order valence-electron chi connectivity index (χ2n) is 5.40. The van der Waals surface area contributed by atoms with Gasteiger partial charge in [0.2, 0.25) is 0 Å². The quantitative estimate of drug-likeness (QED) is 0.419. The molecule has 0 fully saturated rings. The highest BCUT2D eigenvalue weighted by Gasteiger charge is 2.03. The van der Waals surface area contributed by atoms with E-state index in [1.54, 1.807) is 0 Å². The van der Waals surface area contributed by atoms with E-state index in [1.165, 1.54) is 11.1 Å². The van der Waals surface area contributed by atoms with Crippen molar-refractivity contribution in [3.05, 3.63) is 83.2 Å². The van der Waals surface area contributed by atoms with Crippen LogP contribution in [0.3, 0.4) is 0 Å². The zero-order chi connectivity index (χ0) is 16.4. The van der Waals surface area contributed by atoms with Gasteiger partial charge in [-0.1, -0.05) is 60.3 Å². The Morgan fingerprint density at radius 1 is 1.09 bits per heavy atom. The summed E-state index contributed by atoms with van der Waals surface area (Å²) in [6, 6.07) is 0. The Kier molecular flexibility index (Phi) is 7.91. The lowest BCUT2D eigenvalue weighted by Crippen LogP contribution is -1.96. The van der Waals surface area contributed by atoms with Crippen molar-refractivity contribution in [1.29, 1.82) is 0 Å². The summed E-state index contributed by atoms with van der Waals surface area (Å²) in [7, 11) is 0. The molecule has 1 aliphatic carbocycles. The largest absolute Gasteiger partial charge is 0.253 e. The first kappa shape index (κ1) is 17.9. The van der Waals surface area contributed by atoms with Gasteiger partial charge in [0.15, 0.2) is 0 Å². The lowest BCUT2D eigenvalue weighted by atomic mass is 10.1. The third kappa shape index (κ3) is 6.09. The van der Waals surface area contributed by atoms with Crippen molar-refractivity contribution in [2.45, 2.75) is 41.0 Å². The molecule has 116 valence electrons. The summed E-state index contributed by atoms with van der Waals surface area (Å²) in [4.78, 5) is 4.85. The smallest absolute Gasteiger partial charge is 0.0661 e. The van der Waals surface area contributed by atoms with Crippen LogP contribution >= 0.6 is 0 Å². The van der Waals surface area contributed by atoms with E-state index in [0.717, 1.165) is 23.4 Å². The molecule has 0 bridgehead atoms. The first-order chi connectivity index (χ1) is 10.6. The van der Waals surface area contributed by atoms with Crippen LogP contribution in [0, 0.1) is 0 Å². The zero-order valence-electron chi connectivity index (χ0n) is 14.4. The number of allylic oxidation sites excluding steroid dienone is 13. The average molecular weight is 293 g/mol. The zero-order valence-corrected chi connectivity index (χ0v) is 14.4. The monoisotopic (exact) mass is 293 g/mol. The molecule has 0 spiro atoms. The fourth-order valence-electron chi connectivity index (χ4n) is 2.05. The topological polar surface area (TPSA) is 12.4 Å². The van der Waals surface area contributed by atoms with Gasteiger partial charge in [-0.3, -0.25) is 4.99 Å². The second kappa shape index (κ2) is 9.73. The van der Waals surface area contributed by atoms with Gasteiger partial charge < -0.3 is 0 Å². The molecule has 0 unspecified atom stereocenters. The van der Waals surface area contributed by atoms with Crippen LogP contribution in [0.25, 0.3) is 0 Å². The maximum atomic E-state index is 4.85. The first-order valence-corrected chi connectivity index (χ1v) is 7.81.